The standard InChI is InChI=1S/C24H33N3O2S/c1-3-4-5-6-7-8-9-10-13-23(28)27-26-19(2)20-14-16-21(17-15-20)25-24(29)22-12-11-18-30-22/h11-12,14-18H,3-10,13H2,1-2H3,(H,25,29)(H,27,28)/b26-19+. The lowest BCUT2D eigenvalue weighted by Crippen LogP contribution is -2.18. The van der Waals surface area contributed by atoms with Crippen LogP contribution in [-0.2, 0) is 4.79 Å². The van der Waals surface area contributed by atoms with Gasteiger partial charge in [-0.1, -0.05) is 70.1 Å². The van der Waals surface area contributed by atoms with Gasteiger partial charge in [0.25, 0.3) is 5.91 Å². The van der Waals surface area contributed by atoms with E-state index in [4.69, 9.17) is 0 Å². The van der Waals surface area contributed by atoms with Gasteiger partial charge in [0.15, 0.2) is 0 Å². The molecule has 0 unspecified atom stereocenters. The maximum absolute atomic E-state index is 12.1. The van der Waals surface area contributed by atoms with Crippen LogP contribution in [0.2, 0.25) is 0 Å². The van der Waals surface area contributed by atoms with Crippen LogP contribution in [0.1, 0.15) is 86.9 Å². The van der Waals surface area contributed by atoms with Crippen molar-refractivity contribution in [3.8, 4) is 0 Å². The molecule has 0 spiro atoms. The second-order valence-electron chi connectivity index (χ2n) is 7.47. The number of nitrogens with zero attached hydrogens (tertiary/aromatic N) is 1. The Bertz CT molecular complexity index is 798. The van der Waals surface area contributed by atoms with E-state index < -0.39 is 0 Å². The third kappa shape index (κ3) is 8.91. The predicted molar refractivity (Wildman–Crippen MR) is 126 cm³/mol. The van der Waals surface area contributed by atoms with E-state index in [0.29, 0.717) is 11.3 Å². The maximum Gasteiger partial charge on any atom is 0.265 e. The van der Waals surface area contributed by atoms with Gasteiger partial charge in [-0.25, -0.2) is 5.43 Å². The highest BCUT2D eigenvalue weighted by atomic mass is 32.1. The molecule has 5 nitrogen and oxygen atoms in total. The summed E-state index contributed by atoms with van der Waals surface area (Å²) < 4.78 is 0. The molecule has 2 aromatic rings. The van der Waals surface area contributed by atoms with Gasteiger partial charge in [-0.05, 0) is 42.5 Å². The van der Waals surface area contributed by atoms with Gasteiger partial charge in [0.05, 0.1) is 10.6 Å². The number of hydrazone groups is 1. The summed E-state index contributed by atoms with van der Waals surface area (Å²) in [7, 11) is 0. The van der Waals surface area contributed by atoms with Crippen molar-refractivity contribution >= 4 is 34.6 Å². The van der Waals surface area contributed by atoms with Crippen LogP contribution in [0.25, 0.3) is 0 Å². The number of rotatable bonds is 13. The minimum atomic E-state index is -0.114. The number of hydrogen-bond acceptors (Lipinski definition) is 4. The zero-order chi connectivity index (χ0) is 21.6. The fraction of sp³-hybridized carbons (Fsp3) is 0.458. The Morgan fingerprint density at radius 2 is 1.60 bits per heavy atom. The second kappa shape index (κ2) is 13.7. The van der Waals surface area contributed by atoms with E-state index in [1.807, 2.05) is 42.6 Å². The van der Waals surface area contributed by atoms with Crippen molar-refractivity contribution in [3.63, 3.8) is 0 Å². The largest absolute Gasteiger partial charge is 0.321 e. The number of benzene rings is 1. The molecule has 6 heteroatoms. The lowest BCUT2D eigenvalue weighted by molar-refractivity contribution is -0.121. The summed E-state index contributed by atoms with van der Waals surface area (Å²) in [6.45, 7) is 4.08. The Balaban J connectivity index is 1.68. The molecule has 0 aliphatic heterocycles. The average molecular weight is 428 g/mol. The van der Waals surface area contributed by atoms with Gasteiger partial charge in [-0.15, -0.1) is 11.3 Å². The second-order valence-corrected chi connectivity index (χ2v) is 8.41. The maximum atomic E-state index is 12.1. The van der Waals surface area contributed by atoms with Crippen LogP contribution in [0.15, 0.2) is 46.9 Å². The van der Waals surface area contributed by atoms with Crippen LogP contribution in [0.3, 0.4) is 0 Å². The summed E-state index contributed by atoms with van der Waals surface area (Å²) in [6, 6.07) is 11.1. The normalized spacial score (nSPS) is 11.3. The highest BCUT2D eigenvalue weighted by molar-refractivity contribution is 7.12. The van der Waals surface area contributed by atoms with E-state index in [1.54, 1.807) is 6.07 Å². The molecule has 1 aromatic carbocycles. The molecule has 2 N–H and O–H groups in total. The van der Waals surface area contributed by atoms with E-state index in [2.05, 4.69) is 22.8 Å². The molecule has 0 radical (unpaired) electrons. The first-order chi connectivity index (χ1) is 14.6. The first-order valence-electron chi connectivity index (χ1n) is 10.9. The number of carbonyl (C=O) groups excluding carboxylic acids is 2. The monoisotopic (exact) mass is 427 g/mol. The summed E-state index contributed by atoms with van der Waals surface area (Å²) in [4.78, 5) is 24.7. The zero-order valence-corrected chi connectivity index (χ0v) is 18.9. The molecule has 0 saturated carbocycles. The SMILES string of the molecule is CCCCCCCCCCC(=O)N/N=C(\C)c1ccc(NC(=O)c2cccs2)cc1. The predicted octanol–water partition coefficient (Wildman–Crippen LogP) is 6.37. The van der Waals surface area contributed by atoms with Crippen molar-refractivity contribution in [1.29, 1.82) is 0 Å². The van der Waals surface area contributed by atoms with Crippen molar-refractivity contribution in [2.45, 2.75) is 71.6 Å². The fourth-order valence-electron chi connectivity index (χ4n) is 3.08. The van der Waals surface area contributed by atoms with Gasteiger partial charge in [0, 0.05) is 12.1 Å². The number of hydrogen-bond donors (Lipinski definition) is 2. The molecule has 0 bridgehead atoms. The van der Waals surface area contributed by atoms with Gasteiger partial charge in [0.2, 0.25) is 5.91 Å². The topological polar surface area (TPSA) is 70.6 Å². The molecule has 0 aliphatic carbocycles. The van der Waals surface area contributed by atoms with Crippen molar-refractivity contribution in [1.82, 2.24) is 5.43 Å². The van der Waals surface area contributed by atoms with Crippen LogP contribution in [0.5, 0.6) is 0 Å². The Morgan fingerprint density at radius 3 is 2.23 bits per heavy atom. The van der Waals surface area contributed by atoms with Crippen LogP contribution < -0.4 is 10.7 Å². The van der Waals surface area contributed by atoms with Crippen LogP contribution in [0, 0.1) is 0 Å². The Kier molecular flexibility index (Phi) is 10.9. The summed E-state index contributed by atoms with van der Waals surface area (Å²) in [6.07, 6.45) is 10.2. The van der Waals surface area contributed by atoms with E-state index in [-0.39, 0.29) is 11.8 Å². The van der Waals surface area contributed by atoms with E-state index >= 15 is 0 Å². The zero-order valence-electron chi connectivity index (χ0n) is 18.1. The number of carbonyl (C=O) groups is 2. The summed E-state index contributed by atoms with van der Waals surface area (Å²) >= 11 is 1.41. The van der Waals surface area contributed by atoms with Crippen LogP contribution in [-0.4, -0.2) is 17.5 Å². The third-order valence-corrected chi connectivity index (χ3v) is 5.78. The Hall–Kier alpha value is -2.47. The number of unbranched alkanes of at least 4 members (excludes halogenated alkanes) is 7. The molecule has 0 saturated heterocycles. The number of thiophene rings is 1. The number of amides is 2. The molecule has 30 heavy (non-hydrogen) atoms. The quantitative estimate of drug-likeness (QED) is 0.221. The molecular formula is C24H33N3O2S. The highest BCUT2D eigenvalue weighted by Crippen LogP contribution is 2.15. The minimum absolute atomic E-state index is 0.0415. The van der Waals surface area contributed by atoms with E-state index in [9.17, 15) is 9.59 Å². The highest BCUT2D eigenvalue weighted by Gasteiger charge is 2.07. The Labute approximate surface area is 184 Å². The molecule has 1 aromatic heterocycles. The fourth-order valence-corrected chi connectivity index (χ4v) is 3.70. The summed E-state index contributed by atoms with van der Waals surface area (Å²) in [5, 5.41) is 8.95. The van der Waals surface area contributed by atoms with Gasteiger partial charge in [-0.2, -0.15) is 5.10 Å². The van der Waals surface area contributed by atoms with E-state index in [1.165, 1.54) is 49.9 Å². The lowest BCUT2D eigenvalue weighted by atomic mass is 10.1. The summed E-state index contributed by atoms with van der Waals surface area (Å²) in [5.41, 5.74) is 5.00. The first-order valence-corrected chi connectivity index (χ1v) is 11.8. The lowest BCUT2D eigenvalue weighted by Gasteiger charge is -2.06. The van der Waals surface area contributed by atoms with Gasteiger partial charge in [-0.3, -0.25) is 9.59 Å². The molecule has 0 fully saturated rings. The molecule has 0 aliphatic rings. The minimum Gasteiger partial charge on any atom is -0.321 e. The van der Waals surface area contributed by atoms with Gasteiger partial charge < -0.3 is 5.32 Å². The number of nitrogens with one attached hydrogen (secondary N) is 2. The molecule has 0 atom stereocenters. The average Bonchev–Trinajstić information content (AvgIpc) is 3.29. The molecule has 2 rings (SSSR count). The van der Waals surface area contributed by atoms with E-state index in [0.717, 1.165) is 29.8 Å². The number of anilines is 1. The van der Waals surface area contributed by atoms with Crippen LogP contribution in [0.4, 0.5) is 5.69 Å². The van der Waals surface area contributed by atoms with Crippen molar-refractivity contribution in [2.75, 3.05) is 5.32 Å². The molecular weight excluding hydrogens is 394 g/mol. The van der Waals surface area contributed by atoms with Gasteiger partial charge >= 0.3 is 0 Å². The van der Waals surface area contributed by atoms with Crippen LogP contribution >= 0.6 is 11.3 Å². The smallest absolute Gasteiger partial charge is 0.265 e. The van der Waals surface area contributed by atoms with Crippen molar-refractivity contribution < 1.29 is 9.59 Å². The Morgan fingerprint density at radius 1 is 0.933 bits per heavy atom. The first kappa shape index (κ1) is 23.8. The van der Waals surface area contributed by atoms with Crippen molar-refractivity contribution in [2.24, 2.45) is 5.10 Å². The van der Waals surface area contributed by atoms with Gasteiger partial charge in [0.1, 0.15) is 0 Å². The molecule has 2 amide bonds. The summed E-state index contributed by atoms with van der Waals surface area (Å²) in [5.74, 6) is -0.156. The third-order valence-electron chi connectivity index (χ3n) is 4.91. The van der Waals surface area contributed by atoms with Crippen molar-refractivity contribution in [3.05, 3.63) is 52.2 Å². The molecule has 162 valence electrons. The molecule has 1 heterocycles.